The number of hydrogen-bond acceptors (Lipinski definition) is 6. The Bertz CT molecular complexity index is 891. The molecule has 1 unspecified atom stereocenters. The van der Waals surface area contributed by atoms with Gasteiger partial charge in [-0.15, -0.1) is 0 Å². The third-order valence-electron chi connectivity index (χ3n) is 3.34. The van der Waals surface area contributed by atoms with Crippen LogP contribution in [-0.4, -0.2) is 25.2 Å². The van der Waals surface area contributed by atoms with Crippen LogP contribution < -0.4 is 17.0 Å². The van der Waals surface area contributed by atoms with E-state index in [2.05, 4.69) is 4.98 Å². The largest absolute Gasteiger partial charge is 0.384 e. The van der Waals surface area contributed by atoms with E-state index in [4.69, 9.17) is 17.3 Å². The van der Waals surface area contributed by atoms with Crippen LogP contribution in [0.15, 0.2) is 32.9 Å². The van der Waals surface area contributed by atoms with Gasteiger partial charge in [0.25, 0.3) is 5.56 Å². The fourth-order valence-corrected chi connectivity index (χ4v) is 3.09. The van der Waals surface area contributed by atoms with Crippen molar-refractivity contribution in [1.82, 2.24) is 14.1 Å². The predicted octanol–water partition coefficient (Wildman–Crippen LogP) is 1.08. The van der Waals surface area contributed by atoms with Crippen molar-refractivity contribution < 1.29 is 4.79 Å². The molecule has 0 aliphatic carbocycles. The summed E-state index contributed by atoms with van der Waals surface area (Å²) in [6.45, 7) is 1.63. The molecule has 1 atom stereocenters. The number of nitrogen functional groups attached to an aromatic ring is 1. The van der Waals surface area contributed by atoms with Crippen LogP contribution in [0.4, 0.5) is 5.82 Å². The van der Waals surface area contributed by atoms with Gasteiger partial charge in [0.05, 0.1) is 10.3 Å². The van der Waals surface area contributed by atoms with E-state index in [1.165, 1.54) is 14.1 Å². The second-order valence-electron chi connectivity index (χ2n) is 4.88. The van der Waals surface area contributed by atoms with E-state index < -0.39 is 22.3 Å². The minimum atomic E-state index is -0.713. The van der Waals surface area contributed by atoms with Crippen molar-refractivity contribution in [3.05, 3.63) is 49.8 Å². The number of hydrogen-bond donors (Lipinski definition) is 1. The molecule has 2 rings (SSSR count). The van der Waals surface area contributed by atoms with Crippen molar-refractivity contribution in [2.75, 3.05) is 5.73 Å². The highest BCUT2D eigenvalue weighted by Gasteiger charge is 2.26. The van der Waals surface area contributed by atoms with Crippen LogP contribution in [0, 0.1) is 0 Å². The number of Topliss-reactive ketones (excluding diaryl/α,β-unsaturated/α-hetero) is 1. The second kappa shape index (κ2) is 6.59. The average molecular weight is 355 g/mol. The predicted molar refractivity (Wildman–Crippen MR) is 90.2 cm³/mol. The number of aromatic nitrogens is 3. The molecule has 2 aromatic heterocycles. The maximum atomic E-state index is 12.6. The van der Waals surface area contributed by atoms with Crippen LogP contribution in [0.1, 0.15) is 17.3 Å². The van der Waals surface area contributed by atoms with Gasteiger partial charge in [0.1, 0.15) is 16.4 Å². The molecule has 7 nitrogen and oxygen atoms in total. The van der Waals surface area contributed by atoms with Gasteiger partial charge >= 0.3 is 5.69 Å². The molecular formula is C14H15ClN4O3S. The lowest BCUT2D eigenvalue weighted by Gasteiger charge is -2.14. The van der Waals surface area contributed by atoms with E-state index in [1.807, 2.05) is 0 Å². The molecule has 0 spiro atoms. The number of carbonyl (C=O) groups is 1. The zero-order valence-electron chi connectivity index (χ0n) is 12.7. The molecule has 2 N–H and O–H groups in total. The number of nitrogens with two attached hydrogens (primary N) is 1. The van der Waals surface area contributed by atoms with Crippen LogP contribution in [0.25, 0.3) is 0 Å². The molecule has 0 aliphatic rings. The van der Waals surface area contributed by atoms with E-state index in [1.54, 1.807) is 25.3 Å². The number of anilines is 1. The SMILES string of the molecule is CC(Sc1ncccc1Cl)C(=O)c1c(N)n(C)c(=O)n(C)c1=O. The first-order chi connectivity index (χ1) is 10.8. The standard InChI is InChI=1S/C14H15ClN4O3S/c1-7(23-12-8(15)5-4-6-17-12)10(20)9-11(16)18(2)14(22)19(3)13(9)21/h4-7H,16H2,1-3H3. The summed E-state index contributed by atoms with van der Waals surface area (Å²) in [5, 5.41) is 0.253. The third kappa shape index (κ3) is 3.18. The van der Waals surface area contributed by atoms with Gasteiger partial charge in [-0.3, -0.25) is 18.7 Å². The molecule has 0 aliphatic heterocycles. The summed E-state index contributed by atoms with van der Waals surface area (Å²) in [7, 11) is 2.70. The highest BCUT2D eigenvalue weighted by atomic mass is 35.5. The maximum absolute atomic E-state index is 12.6. The summed E-state index contributed by atoms with van der Waals surface area (Å²) >= 11 is 7.14. The van der Waals surface area contributed by atoms with E-state index in [0.29, 0.717) is 10.0 Å². The van der Waals surface area contributed by atoms with Gasteiger partial charge in [0, 0.05) is 20.3 Å². The topological polar surface area (TPSA) is 100.0 Å². The van der Waals surface area contributed by atoms with Crippen LogP contribution in [0.2, 0.25) is 5.02 Å². The van der Waals surface area contributed by atoms with E-state index in [0.717, 1.165) is 20.9 Å². The number of pyridine rings is 1. The molecule has 0 saturated carbocycles. The summed E-state index contributed by atoms with van der Waals surface area (Å²) in [5.41, 5.74) is 4.29. The Hall–Kier alpha value is -2.06. The number of thioether (sulfide) groups is 1. The third-order valence-corrected chi connectivity index (χ3v) is 4.87. The number of ketones is 1. The van der Waals surface area contributed by atoms with Gasteiger partial charge in [0.2, 0.25) is 0 Å². The average Bonchev–Trinajstić information content (AvgIpc) is 2.53. The van der Waals surface area contributed by atoms with Gasteiger partial charge < -0.3 is 5.73 Å². The molecule has 0 amide bonds. The normalized spacial score (nSPS) is 12.2. The van der Waals surface area contributed by atoms with Crippen molar-refractivity contribution in [3.63, 3.8) is 0 Å². The summed E-state index contributed by atoms with van der Waals surface area (Å²) in [5.74, 6) is -0.631. The Labute approximate surface area is 141 Å². The number of rotatable bonds is 4. The van der Waals surface area contributed by atoms with Crippen molar-refractivity contribution in [2.24, 2.45) is 14.1 Å². The lowest BCUT2D eigenvalue weighted by molar-refractivity contribution is 0.0992. The molecule has 2 heterocycles. The molecule has 2 aromatic rings. The first-order valence-electron chi connectivity index (χ1n) is 6.62. The first-order valence-corrected chi connectivity index (χ1v) is 7.88. The van der Waals surface area contributed by atoms with Crippen molar-refractivity contribution >= 4 is 35.0 Å². The highest BCUT2D eigenvalue weighted by molar-refractivity contribution is 8.00. The zero-order valence-corrected chi connectivity index (χ0v) is 14.3. The van der Waals surface area contributed by atoms with Crippen LogP contribution in [0.3, 0.4) is 0 Å². The summed E-state index contributed by atoms with van der Waals surface area (Å²) in [6, 6.07) is 3.34. The lowest BCUT2D eigenvalue weighted by atomic mass is 10.1. The molecular weight excluding hydrogens is 340 g/mol. The Morgan fingerprint density at radius 1 is 1.35 bits per heavy atom. The van der Waals surface area contributed by atoms with Crippen LogP contribution in [-0.2, 0) is 14.1 Å². The quantitative estimate of drug-likeness (QED) is 0.651. The molecule has 0 bridgehead atoms. The van der Waals surface area contributed by atoms with Crippen molar-refractivity contribution in [1.29, 1.82) is 0 Å². The Kier molecular flexibility index (Phi) is 4.96. The van der Waals surface area contributed by atoms with Gasteiger partial charge in [-0.25, -0.2) is 9.78 Å². The molecule has 9 heteroatoms. The fraction of sp³-hybridized carbons (Fsp3) is 0.286. The summed E-state index contributed by atoms with van der Waals surface area (Å²) in [6.07, 6.45) is 1.56. The number of carbonyl (C=O) groups excluding carboxylic acids is 1. The number of halogens is 1. The lowest BCUT2D eigenvalue weighted by Crippen LogP contribution is -2.42. The highest BCUT2D eigenvalue weighted by Crippen LogP contribution is 2.29. The molecule has 122 valence electrons. The molecule has 0 radical (unpaired) electrons. The van der Waals surface area contributed by atoms with E-state index in [9.17, 15) is 14.4 Å². The Morgan fingerprint density at radius 3 is 2.61 bits per heavy atom. The van der Waals surface area contributed by atoms with Crippen LogP contribution in [0.5, 0.6) is 0 Å². The molecule has 0 aromatic carbocycles. The van der Waals surface area contributed by atoms with Gasteiger partial charge in [-0.05, 0) is 19.1 Å². The summed E-state index contributed by atoms with van der Waals surface area (Å²) < 4.78 is 1.93. The maximum Gasteiger partial charge on any atom is 0.332 e. The molecule has 0 saturated heterocycles. The van der Waals surface area contributed by atoms with Crippen LogP contribution >= 0.6 is 23.4 Å². The van der Waals surface area contributed by atoms with Crippen molar-refractivity contribution in [3.8, 4) is 0 Å². The van der Waals surface area contributed by atoms with Gasteiger partial charge in [0.15, 0.2) is 5.78 Å². The van der Waals surface area contributed by atoms with Gasteiger partial charge in [-0.1, -0.05) is 23.4 Å². The Morgan fingerprint density at radius 2 is 2.00 bits per heavy atom. The van der Waals surface area contributed by atoms with E-state index in [-0.39, 0.29) is 11.4 Å². The molecule has 23 heavy (non-hydrogen) atoms. The molecule has 0 fully saturated rings. The fourth-order valence-electron chi connectivity index (χ4n) is 1.97. The number of nitrogens with zero attached hydrogens (tertiary/aromatic N) is 3. The summed E-state index contributed by atoms with van der Waals surface area (Å²) in [4.78, 5) is 40.7. The monoisotopic (exact) mass is 354 g/mol. The van der Waals surface area contributed by atoms with Crippen molar-refractivity contribution in [2.45, 2.75) is 17.2 Å². The Balaban J connectivity index is 2.44. The second-order valence-corrected chi connectivity index (χ2v) is 6.62. The smallest absolute Gasteiger partial charge is 0.332 e. The zero-order chi connectivity index (χ0) is 17.3. The minimum Gasteiger partial charge on any atom is -0.384 e. The van der Waals surface area contributed by atoms with Gasteiger partial charge in [-0.2, -0.15) is 0 Å². The minimum absolute atomic E-state index is 0.150. The first kappa shape index (κ1) is 17.3. The van der Waals surface area contributed by atoms with E-state index >= 15 is 0 Å².